The molecule has 0 radical (unpaired) electrons. The molecule has 0 bridgehead atoms. The minimum Gasteiger partial charge on any atom is -0.464 e. The second kappa shape index (κ2) is 4.19. The third kappa shape index (κ3) is 1.68. The number of carbonyl (C=O) groups is 1. The first-order valence-corrected chi connectivity index (χ1v) is 7.04. The van der Waals surface area contributed by atoms with Gasteiger partial charge in [-0.2, -0.15) is 5.10 Å². The molecule has 0 atom stereocenters. The average molecular weight is 266 g/mol. The van der Waals surface area contributed by atoms with Crippen LogP contribution in [0.4, 0.5) is 0 Å². The van der Waals surface area contributed by atoms with Gasteiger partial charge in [0.2, 0.25) is 0 Å². The predicted molar refractivity (Wildman–Crippen MR) is 67.7 cm³/mol. The van der Waals surface area contributed by atoms with Crippen molar-refractivity contribution in [1.29, 1.82) is 0 Å². The molecule has 4 nitrogen and oxygen atoms in total. The Morgan fingerprint density at radius 2 is 2.47 bits per heavy atom. The van der Waals surface area contributed by atoms with Crippen molar-refractivity contribution in [1.82, 2.24) is 10.2 Å². The van der Waals surface area contributed by atoms with E-state index in [2.05, 4.69) is 21.6 Å². The molecule has 17 heavy (non-hydrogen) atoms. The van der Waals surface area contributed by atoms with E-state index in [4.69, 9.17) is 4.74 Å². The Labute approximate surface area is 106 Å². The van der Waals surface area contributed by atoms with Crippen molar-refractivity contribution in [2.45, 2.75) is 10.6 Å². The molecule has 6 heteroatoms. The van der Waals surface area contributed by atoms with E-state index >= 15 is 0 Å². The van der Waals surface area contributed by atoms with E-state index in [1.54, 1.807) is 11.3 Å². The number of aromatic nitrogens is 2. The molecule has 0 spiro atoms. The van der Waals surface area contributed by atoms with Gasteiger partial charge in [0.25, 0.3) is 0 Å². The van der Waals surface area contributed by atoms with Crippen molar-refractivity contribution in [2.24, 2.45) is 0 Å². The summed E-state index contributed by atoms with van der Waals surface area (Å²) in [6, 6.07) is 2.05. The van der Waals surface area contributed by atoms with Crippen molar-refractivity contribution < 1.29 is 9.53 Å². The average Bonchev–Trinajstić information content (AvgIpc) is 2.92. The summed E-state index contributed by atoms with van der Waals surface area (Å²) < 4.78 is 6.03. The Morgan fingerprint density at radius 1 is 1.59 bits per heavy atom. The van der Waals surface area contributed by atoms with Crippen LogP contribution in [-0.2, 0) is 11.2 Å². The predicted octanol–water partition coefficient (Wildman–Crippen LogP) is 2.57. The van der Waals surface area contributed by atoms with Crippen LogP contribution in [0.25, 0.3) is 11.3 Å². The second-order valence-electron chi connectivity index (χ2n) is 3.64. The van der Waals surface area contributed by atoms with Gasteiger partial charge in [0.05, 0.1) is 17.0 Å². The first-order valence-electron chi connectivity index (χ1n) is 5.17. The highest BCUT2D eigenvalue weighted by molar-refractivity contribution is 8.01. The number of aromatic amines is 1. The molecule has 2 aromatic rings. The Hall–Kier alpha value is -1.27. The number of rotatable bonds is 1. The van der Waals surface area contributed by atoms with Gasteiger partial charge in [-0.05, 0) is 17.9 Å². The Balaban J connectivity index is 2.16. The maximum Gasteiger partial charge on any atom is 0.356 e. The fourth-order valence-electron chi connectivity index (χ4n) is 1.93. The molecular weight excluding hydrogens is 256 g/mol. The lowest BCUT2D eigenvalue weighted by Crippen LogP contribution is -2.05. The minimum absolute atomic E-state index is 0.345. The number of nitrogens with zero attached hydrogens (tertiary/aromatic N) is 1. The number of hydrogen-bond donors (Lipinski definition) is 1. The van der Waals surface area contributed by atoms with Gasteiger partial charge in [0.1, 0.15) is 5.69 Å². The largest absolute Gasteiger partial charge is 0.464 e. The van der Waals surface area contributed by atoms with Crippen LogP contribution in [0.15, 0.2) is 15.7 Å². The topological polar surface area (TPSA) is 55.0 Å². The first kappa shape index (κ1) is 10.9. The highest BCUT2D eigenvalue weighted by atomic mass is 32.2. The molecule has 3 rings (SSSR count). The molecule has 0 unspecified atom stereocenters. The number of esters is 1. The fraction of sp³-hybridized carbons (Fsp3) is 0.273. The summed E-state index contributed by atoms with van der Waals surface area (Å²) >= 11 is 3.54. The molecule has 0 aliphatic carbocycles. The quantitative estimate of drug-likeness (QED) is 0.806. The molecule has 0 saturated heterocycles. The molecular formula is C11H10N2O2S2. The van der Waals surface area contributed by atoms with Crippen molar-refractivity contribution in [2.75, 3.05) is 12.9 Å². The molecule has 1 aliphatic heterocycles. The van der Waals surface area contributed by atoms with E-state index in [1.807, 2.05) is 11.8 Å². The smallest absolute Gasteiger partial charge is 0.356 e. The van der Waals surface area contributed by atoms with E-state index in [-0.39, 0.29) is 5.97 Å². The number of hydrogen-bond acceptors (Lipinski definition) is 5. The van der Waals surface area contributed by atoms with Crippen LogP contribution in [0.2, 0.25) is 0 Å². The van der Waals surface area contributed by atoms with Crippen LogP contribution in [0.3, 0.4) is 0 Å². The zero-order valence-electron chi connectivity index (χ0n) is 9.15. The van der Waals surface area contributed by atoms with Gasteiger partial charge in [-0.25, -0.2) is 4.79 Å². The maximum absolute atomic E-state index is 11.6. The third-order valence-corrected chi connectivity index (χ3v) is 4.97. The van der Waals surface area contributed by atoms with Crippen LogP contribution in [0, 0.1) is 0 Å². The summed E-state index contributed by atoms with van der Waals surface area (Å²) in [7, 11) is 1.39. The summed E-state index contributed by atoms with van der Waals surface area (Å²) in [6.07, 6.45) is 0.836. The van der Waals surface area contributed by atoms with Crippen molar-refractivity contribution in [3.05, 3.63) is 22.7 Å². The van der Waals surface area contributed by atoms with Gasteiger partial charge in [-0.3, -0.25) is 5.10 Å². The van der Waals surface area contributed by atoms with Crippen LogP contribution >= 0.6 is 23.1 Å². The van der Waals surface area contributed by atoms with Gasteiger partial charge in [-0.1, -0.05) is 0 Å². The normalized spacial score (nSPS) is 13.7. The molecule has 0 saturated carbocycles. The molecule has 0 aromatic carbocycles. The molecule has 2 aromatic heterocycles. The first-order chi connectivity index (χ1) is 8.31. The molecule has 0 amide bonds. The molecule has 1 N–H and O–H groups in total. The Kier molecular flexibility index (Phi) is 2.68. The molecule has 1 aliphatic rings. The summed E-state index contributed by atoms with van der Waals surface area (Å²) in [5.41, 5.74) is 3.48. The number of nitrogens with one attached hydrogen (secondary N) is 1. The van der Waals surface area contributed by atoms with Gasteiger partial charge in [0, 0.05) is 16.9 Å². The number of methoxy groups -OCH3 is 1. The van der Waals surface area contributed by atoms with E-state index in [9.17, 15) is 4.79 Å². The molecule has 88 valence electrons. The van der Waals surface area contributed by atoms with Crippen LogP contribution in [0.1, 0.15) is 16.1 Å². The van der Waals surface area contributed by atoms with Crippen LogP contribution < -0.4 is 0 Å². The summed E-state index contributed by atoms with van der Waals surface area (Å²) in [5, 5.41) is 9.12. The van der Waals surface area contributed by atoms with Crippen LogP contribution in [0.5, 0.6) is 0 Å². The number of ether oxygens (including phenoxy) is 1. The number of thiophene rings is 1. The van der Waals surface area contributed by atoms with Crippen molar-refractivity contribution in [3.8, 4) is 11.3 Å². The number of thioether (sulfide) groups is 1. The van der Waals surface area contributed by atoms with Gasteiger partial charge in [0.15, 0.2) is 0 Å². The number of carbonyl (C=O) groups excluding carboxylic acids is 1. The van der Waals surface area contributed by atoms with Crippen molar-refractivity contribution in [3.63, 3.8) is 0 Å². The Morgan fingerprint density at radius 3 is 3.29 bits per heavy atom. The summed E-state index contributed by atoms with van der Waals surface area (Å²) in [5.74, 6) is 0.617. The van der Waals surface area contributed by atoms with E-state index in [0.29, 0.717) is 5.69 Å². The highest BCUT2D eigenvalue weighted by Gasteiger charge is 2.24. The zero-order chi connectivity index (χ0) is 11.8. The highest BCUT2D eigenvalue weighted by Crippen LogP contribution is 2.40. The lowest BCUT2D eigenvalue weighted by Gasteiger charge is -1.99. The third-order valence-electron chi connectivity index (χ3n) is 2.73. The van der Waals surface area contributed by atoms with Gasteiger partial charge >= 0.3 is 5.97 Å². The lowest BCUT2D eigenvalue weighted by molar-refractivity contribution is 0.0593. The zero-order valence-corrected chi connectivity index (χ0v) is 10.8. The van der Waals surface area contributed by atoms with Gasteiger partial charge < -0.3 is 4.74 Å². The van der Waals surface area contributed by atoms with E-state index < -0.39 is 0 Å². The standard InChI is InChI=1S/C11H10N2O2S2/c1-15-10(14)9-6-2-4-16-11-7(3-5-17-11)8(6)12-13-9/h3,5H,2,4H2,1H3,(H,12,13). The summed E-state index contributed by atoms with van der Waals surface area (Å²) in [6.45, 7) is 0. The Bertz CT molecular complexity index is 574. The summed E-state index contributed by atoms with van der Waals surface area (Å²) in [4.78, 5) is 11.6. The SMILES string of the molecule is COC(=O)c1[nH]nc2c1CCSc1sccc1-2. The molecule has 0 fully saturated rings. The number of H-pyrrole nitrogens is 1. The van der Waals surface area contributed by atoms with Gasteiger partial charge in [-0.15, -0.1) is 23.1 Å². The van der Waals surface area contributed by atoms with Crippen LogP contribution in [-0.4, -0.2) is 29.0 Å². The fourth-order valence-corrected chi connectivity index (χ4v) is 4.05. The second-order valence-corrected chi connectivity index (χ2v) is 5.92. The lowest BCUT2D eigenvalue weighted by atomic mass is 10.1. The van der Waals surface area contributed by atoms with E-state index in [1.165, 1.54) is 11.3 Å². The monoisotopic (exact) mass is 266 g/mol. The number of fused-ring (bicyclic) bond motifs is 3. The minimum atomic E-state index is -0.345. The maximum atomic E-state index is 11.6. The molecule has 3 heterocycles. The van der Waals surface area contributed by atoms with E-state index in [0.717, 1.165) is 29.0 Å². The van der Waals surface area contributed by atoms with Crippen molar-refractivity contribution >= 4 is 29.1 Å².